The van der Waals surface area contributed by atoms with Crippen molar-refractivity contribution in [1.82, 2.24) is 14.9 Å². The van der Waals surface area contributed by atoms with Crippen molar-refractivity contribution in [2.45, 2.75) is 32.7 Å². The number of nitrogens with two attached hydrogens (primary N) is 1. The van der Waals surface area contributed by atoms with Gasteiger partial charge in [-0.25, -0.2) is 9.97 Å². The predicted octanol–water partition coefficient (Wildman–Crippen LogP) is 3.07. The Balaban J connectivity index is 1.46. The van der Waals surface area contributed by atoms with Gasteiger partial charge < -0.3 is 15.1 Å². The molecule has 3 aromatic rings. The predicted molar refractivity (Wildman–Crippen MR) is 143 cm³/mol. The first-order valence-corrected chi connectivity index (χ1v) is 14.0. The third kappa shape index (κ3) is 5.16. The summed E-state index contributed by atoms with van der Waals surface area (Å²) >= 11 is 0. The van der Waals surface area contributed by atoms with Crippen LogP contribution in [0.3, 0.4) is 0 Å². The molecule has 0 spiro atoms. The summed E-state index contributed by atoms with van der Waals surface area (Å²) in [6.45, 7) is 14.3. The van der Waals surface area contributed by atoms with Gasteiger partial charge in [0.05, 0.1) is 0 Å². The van der Waals surface area contributed by atoms with Gasteiger partial charge >= 0.3 is 0 Å². The van der Waals surface area contributed by atoms with E-state index >= 15 is 0 Å². The molecule has 1 aromatic heterocycles. The number of aromatic nitrogens is 2. The highest BCUT2D eigenvalue weighted by Gasteiger charge is 2.50. The maximum atomic E-state index is 7.06. The Kier molecular flexibility index (Phi) is 7.35. The molecule has 2 aromatic carbocycles. The molecule has 0 radical (unpaired) electrons. The SMILES string of the molecule is Cc1nc(N)cc(N2CCN(CCO[Si](c3ccccc3)(c3ccccc3)C(C)(C)C)CC2)n1. The van der Waals surface area contributed by atoms with Crippen molar-refractivity contribution in [1.29, 1.82) is 0 Å². The molecular weight excluding hydrogens is 438 g/mol. The van der Waals surface area contributed by atoms with Crippen LogP contribution in [0.15, 0.2) is 66.7 Å². The second kappa shape index (κ2) is 10.3. The highest BCUT2D eigenvalue weighted by Crippen LogP contribution is 2.36. The average Bonchev–Trinajstić information content (AvgIpc) is 2.82. The molecule has 0 amide bonds. The molecule has 0 bridgehead atoms. The van der Waals surface area contributed by atoms with Crippen molar-refractivity contribution in [3.05, 3.63) is 72.6 Å². The van der Waals surface area contributed by atoms with Crippen LogP contribution in [0, 0.1) is 6.92 Å². The molecule has 1 aliphatic rings. The molecule has 0 aliphatic carbocycles. The molecule has 2 heterocycles. The monoisotopic (exact) mass is 475 g/mol. The molecule has 1 fully saturated rings. The molecular formula is C27H37N5OSi. The smallest absolute Gasteiger partial charge is 0.261 e. The van der Waals surface area contributed by atoms with Crippen LogP contribution in [-0.2, 0) is 4.43 Å². The Morgan fingerprint density at radius 3 is 1.94 bits per heavy atom. The molecule has 2 N–H and O–H groups in total. The largest absolute Gasteiger partial charge is 0.406 e. The van der Waals surface area contributed by atoms with Gasteiger partial charge in [-0.1, -0.05) is 81.4 Å². The number of nitrogen functional groups attached to an aromatic ring is 1. The van der Waals surface area contributed by atoms with E-state index in [1.54, 1.807) is 0 Å². The Labute approximate surface area is 204 Å². The van der Waals surface area contributed by atoms with E-state index in [-0.39, 0.29) is 5.04 Å². The van der Waals surface area contributed by atoms with Crippen molar-refractivity contribution in [3.8, 4) is 0 Å². The summed E-state index contributed by atoms with van der Waals surface area (Å²) in [5.41, 5.74) is 5.93. The number of aryl methyl sites for hydroxylation is 1. The standard InChI is InChI=1S/C27H37N5OSi/c1-22-29-25(28)21-26(30-22)32-17-15-31(16-18-32)19-20-33-34(27(2,3)4,23-11-7-5-8-12-23)24-13-9-6-10-14-24/h5-14,21H,15-20H2,1-4H3,(H2,28,29,30). The van der Waals surface area contributed by atoms with E-state index in [4.69, 9.17) is 10.2 Å². The second-order valence-corrected chi connectivity index (χ2v) is 14.3. The van der Waals surface area contributed by atoms with Gasteiger partial charge in [-0.3, -0.25) is 4.90 Å². The van der Waals surface area contributed by atoms with Crippen molar-refractivity contribution in [3.63, 3.8) is 0 Å². The summed E-state index contributed by atoms with van der Waals surface area (Å²) in [5, 5.41) is 2.66. The first kappa shape index (κ1) is 24.4. The molecule has 1 saturated heterocycles. The van der Waals surface area contributed by atoms with Crippen LogP contribution in [0.1, 0.15) is 26.6 Å². The van der Waals surface area contributed by atoms with E-state index < -0.39 is 8.32 Å². The van der Waals surface area contributed by atoms with E-state index in [1.165, 1.54) is 10.4 Å². The number of hydrogen-bond donors (Lipinski definition) is 1. The minimum Gasteiger partial charge on any atom is -0.406 e. The van der Waals surface area contributed by atoms with Crippen LogP contribution in [0.4, 0.5) is 11.6 Å². The van der Waals surface area contributed by atoms with Gasteiger partial charge in [0.2, 0.25) is 0 Å². The number of hydrogen-bond acceptors (Lipinski definition) is 6. The highest BCUT2D eigenvalue weighted by molar-refractivity contribution is 6.99. The van der Waals surface area contributed by atoms with Crippen molar-refractivity contribution in [2.24, 2.45) is 0 Å². The third-order valence-electron chi connectivity index (χ3n) is 6.68. The number of anilines is 2. The summed E-state index contributed by atoms with van der Waals surface area (Å²) in [5.74, 6) is 2.17. The van der Waals surface area contributed by atoms with E-state index in [1.807, 2.05) is 13.0 Å². The molecule has 0 atom stereocenters. The van der Waals surface area contributed by atoms with Gasteiger partial charge in [0.25, 0.3) is 8.32 Å². The lowest BCUT2D eigenvalue weighted by atomic mass is 10.2. The zero-order valence-corrected chi connectivity index (χ0v) is 21.9. The molecule has 34 heavy (non-hydrogen) atoms. The Bertz CT molecular complexity index is 1000. The van der Waals surface area contributed by atoms with E-state index in [2.05, 4.69) is 101 Å². The topological polar surface area (TPSA) is 67.5 Å². The fraction of sp³-hybridized carbons (Fsp3) is 0.407. The summed E-state index contributed by atoms with van der Waals surface area (Å²) < 4.78 is 7.06. The number of nitrogens with zero attached hydrogens (tertiary/aromatic N) is 4. The lowest BCUT2D eigenvalue weighted by Crippen LogP contribution is -2.67. The van der Waals surface area contributed by atoms with Crippen LogP contribution >= 0.6 is 0 Å². The lowest BCUT2D eigenvalue weighted by molar-refractivity contribution is 0.194. The van der Waals surface area contributed by atoms with Gasteiger partial charge in [0.1, 0.15) is 17.5 Å². The third-order valence-corrected chi connectivity index (χ3v) is 11.7. The first-order valence-electron chi connectivity index (χ1n) is 12.1. The maximum Gasteiger partial charge on any atom is 0.261 e. The minimum atomic E-state index is -2.48. The van der Waals surface area contributed by atoms with Crippen LogP contribution in [-0.4, -0.2) is 62.5 Å². The van der Waals surface area contributed by atoms with Gasteiger partial charge in [-0.2, -0.15) is 0 Å². The molecule has 0 unspecified atom stereocenters. The Morgan fingerprint density at radius 2 is 1.44 bits per heavy atom. The normalized spacial score (nSPS) is 15.5. The van der Waals surface area contributed by atoms with E-state index in [0.29, 0.717) is 12.4 Å². The van der Waals surface area contributed by atoms with Crippen molar-refractivity contribution in [2.75, 3.05) is 50.0 Å². The zero-order chi connectivity index (χ0) is 24.2. The van der Waals surface area contributed by atoms with Crippen LogP contribution in [0.25, 0.3) is 0 Å². The minimum absolute atomic E-state index is 0.000784. The quantitative estimate of drug-likeness (QED) is 0.530. The zero-order valence-electron chi connectivity index (χ0n) is 20.9. The summed E-state index contributed by atoms with van der Waals surface area (Å²) in [6, 6.07) is 23.6. The second-order valence-electron chi connectivity index (χ2n) is 10.0. The Hall–Kier alpha value is -2.74. The molecule has 180 valence electrons. The molecule has 7 heteroatoms. The van der Waals surface area contributed by atoms with E-state index in [0.717, 1.165) is 44.4 Å². The number of benzene rings is 2. The van der Waals surface area contributed by atoms with Crippen molar-refractivity contribution >= 4 is 30.3 Å². The Morgan fingerprint density at radius 1 is 0.882 bits per heavy atom. The van der Waals surface area contributed by atoms with Crippen LogP contribution < -0.4 is 21.0 Å². The van der Waals surface area contributed by atoms with Crippen LogP contribution in [0.2, 0.25) is 5.04 Å². The lowest BCUT2D eigenvalue weighted by Gasteiger charge is -2.43. The van der Waals surface area contributed by atoms with Crippen molar-refractivity contribution < 1.29 is 4.43 Å². The van der Waals surface area contributed by atoms with E-state index in [9.17, 15) is 0 Å². The van der Waals surface area contributed by atoms with Gasteiger partial charge in [0.15, 0.2) is 0 Å². The van der Waals surface area contributed by atoms with Gasteiger partial charge in [0, 0.05) is 45.4 Å². The van der Waals surface area contributed by atoms with Gasteiger partial charge in [-0.05, 0) is 22.3 Å². The average molecular weight is 476 g/mol. The highest BCUT2D eigenvalue weighted by atomic mass is 28.4. The maximum absolute atomic E-state index is 7.06. The number of piperazine rings is 1. The van der Waals surface area contributed by atoms with Crippen LogP contribution in [0.5, 0.6) is 0 Å². The molecule has 4 rings (SSSR count). The number of rotatable bonds is 7. The molecule has 0 saturated carbocycles. The fourth-order valence-electron chi connectivity index (χ4n) is 5.03. The fourth-order valence-corrected chi connectivity index (χ4v) is 9.58. The first-order chi connectivity index (χ1) is 16.3. The molecule has 1 aliphatic heterocycles. The molecule has 6 nitrogen and oxygen atoms in total. The summed E-state index contributed by atoms with van der Waals surface area (Å²) in [6.07, 6.45) is 0. The van der Waals surface area contributed by atoms with Gasteiger partial charge in [-0.15, -0.1) is 0 Å². The summed E-state index contributed by atoms with van der Waals surface area (Å²) in [4.78, 5) is 13.6. The summed E-state index contributed by atoms with van der Waals surface area (Å²) in [7, 11) is -2.48.